The lowest BCUT2D eigenvalue weighted by molar-refractivity contribution is -0.122. The van der Waals surface area contributed by atoms with Crippen molar-refractivity contribution in [2.24, 2.45) is 10.9 Å². The smallest absolute Gasteiger partial charge is 0.249 e. The molecule has 0 aliphatic carbocycles. The minimum absolute atomic E-state index is 0.0414. The third kappa shape index (κ3) is 5.27. The van der Waals surface area contributed by atoms with E-state index in [0.717, 1.165) is 36.6 Å². The Morgan fingerprint density at radius 3 is 2.74 bits per heavy atom. The van der Waals surface area contributed by atoms with Crippen LogP contribution in [0.2, 0.25) is 0 Å². The molecular weight excluding hydrogens is 390 g/mol. The number of fused-ring (bicyclic) bond motifs is 2. The molecule has 2 aliphatic rings. The first-order valence-corrected chi connectivity index (χ1v) is 11.5. The first-order valence-electron chi connectivity index (χ1n) is 11.5. The Morgan fingerprint density at radius 1 is 1.16 bits per heavy atom. The van der Waals surface area contributed by atoms with Crippen molar-refractivity contribution in [3.63, 3.8) is 0 Å². The maximum Gasteiger partial charge on any atom is 0.249 e. The molecule has 1 unspecified atom stereocenters. The van der Waals surface area contributed by atoms with E-state index < -0.39 is 0 Å². The fraction of sp³-hybridized carbons (Fsp3) is 0.542. The van der Waals surface area contributed by atoms with Gasteiger partial charge in [0.25, 0.3) is 0 Å². The van der Waals surface area contributed by atoms with Gasteiger partial charge in [0.2, 0.25) is 11.9 Å². The van der Waals surface area contributed by atoms with Gasteiger partial charge in [-0.2, -0.15) is 0 Å². The number of carbonyl (C=O) groups excluding carboxylic acids is 1. The number of benzene rings is 1. The third-order valence-corrected chi connectivity index (χ3v) is 6.00. The first-order chi connectivity index (χ1) is 15.1. The van der Waals surface area contributed by atoms with Crippen LogP contribution >= 0.6 is 0 Å². The van der Waals surface area contributed by atoms with Gasteiger partial charge in [0, 0.05) is 31.0 Å². The van der Waals surface area contributed by atoms with Crippen LogP contribution in [0, 0.1) is 5.92 Å². The Labute approximate surface area is 184 Å². The third-order valence-electron chi connectivity index (χ3n) is 6.00. The summed E-state index contributed by atoms with van der Waals surface area (Å²) in [6, 6.07) is 5.89. The van der Waals surface area contributed by atoms with Crippen LogP contribution in [-0.2, 0) is 17.9 Å². The molecule has 3 heterocycles. The fourth-order valence-electron chi connectivity index (χ4n) is 4.35. The minimum Gasteiger partial charge on any atom is -0.494 e. The summed E-state index contributed by atoms with van der Waals surface area (Å²) in [5.74, 6) is 1.84. The second kappa shape index (κ2) is 9.98. The fourth-order valence-corrected chi connectivity index (χ4v) is 4.35. The molecule has 7 heteroatoms. The maximum absolute atomic E-state index is 12.3. The molecular formula is C24H33N5O2. The van der Waals surface area contributed by atoms with Crippen LogP contribution in [0.5, 0.6) is 5.75 Å². The van der Waals surface area contributed by atoms with E-state index in [0.29, 0.717) is 12.5 Å². The summed E-state index contributed by atoms with van der Waals surface area (Å²) < 4.78 is 8.13. The normalized spacial score (nSPS) is 17.4. The van der Waals surface area contributed by atoms with Gasteiger partial charge in [-0.05, 0) is 37.0 Å². The number of nitrogens with one attached hydrogen (secondary N) is 1. The lowest BCUT2D eigenvalue weighted by Crippen LogP contribution is -2.39. The molecule has 0 bridgehead atoms. The highest BCUT2D eigenvalue weighted by molar-refractivity contribution is 6.07. The molecule has 1 N–H and O–H groups in total. The molecule has 1 fully saturated rings. The minimum atomic E-state index is -0.156. The molecule has 31 heavy (non-hydrogen) atoms. The van der Waals surface area contributed by atoms with Crippen LogP contribution in [0.4, 0.5) is 5.69 Å². The predicted molar refractivity (Wildman–Crippen MR) is 121 cm³/mol. The van der Waals surface area contributed by atoms with Gasteiger partial charge < -0.3 is 14.2 Å². The summed E-state index contributed by atoms with van der Waals surface area (Å²) in [4.78, 5) is 23.1. The van der Waals surface area contributed by atoms with Crippen molar-refractivity contribution < 1.29 is 9.53 Å². The van der Waals surface area contributed by atoms with Crippen molar-refractivity contribution >= 4 is 17.6 Å². The topological polar surface area (TPSA) is 71.7 Å². The summed E-state index contributed by atoms with van der Waals surface area (Å²) in [5.41, 5.74) is 2.03. The number of amides is 1. The number of rotatable bonds is 11. The van der Waals surface area contributed by atoms with Gasteiger partial charge in [0.1, 0.15) is 11.8 Å². The Kier molecular flexibility index (Phi) is 6.89. The van der Waals surface area contributed by atoms with E-state index in [-0.39, 0.29) is 17.9 Å². The maximum atomic E-state index is 12.3. The van der Waals surface area contributed by atoms with Gasteiger partial charge >= 0.3 is 0 Å². The molecule has 0 saturated carbocycles. The zero-order valence-corrected chi connectivity index (χ0v) is 18.6. The molecule has 7 nitrogen and oxygen atoms in total. The van der Waals surface area contributed by atoms with Crippen molar-refractivity contribution in [1.29, 1.82) is 0 Å². The van der Waals surface area contributed by atoms with Gasteiger partial charge in [-0.1, -0.05) is 39.5 Å². The average molecular weight is 424 g/mol. The summed E-state index contributed by atoms with van der Waals surface area (Å²) >= 11 is 0. The van der Waals surface area contributed by atoms with Crippen molar-refractivity contribution in [2.45, 2.75) is 71.5 Å². The van der Waals surface area contributed by atoms with Crippen molar-refractivity contribution in [3.8, 4) is 5.75 Å². The number of carbonyl (C=O) groups is 1. The number of hydrogen-bond donors (Lipinski definition) is 1. The Hall–Kier alpha value is -2.83. The van der Waals surface area contributed by atoms with Crippen LogP contribution in [0.25, 0.3) is 0 Å². The van der Waals surface area contributed by atoms with Crippen molar-refractivity contribution in [3.05, 3.63) is 42.5 Å². The predicted octanol–water partition coefficient (Wildman–Crippen LogP) is 4.26. The summed E-state index contributed by atoms with van der Waals surface area (Å²) in [6.07, 6.45) is 13.0. The monoisotopic (exact) mass is 423 g/mol. The molecule has 2 aliphatic heterocycles. The molecule has 2 aromatic rings. The molecule has 0 spiro atoms. The molecule has 1 amide bonds. The first kappa shape index (κ1) is 21.4. The van der Waals surface area contributed by atoms with E-state index in [2.05, 4.69) is 44.7 Å². The number of guanidine groups is 1. The number of ether oxygens (including phenoxy) is 1. The van der Waals surface area contributed by atoms with E-state index in [4.69, 9.17) is 4.74 Å². The highest BCUT2D eigenvalue weighted by atomic mass is 16.5. The van der Waals surface area contributed by atoms with Gasteiger partial charge in [-0.25, -0.2) is 9.98 Å². The number of imidazole rings is 1. The van der Waals surface area contributed by atoms with Crippen LogP contribution in [0.3, 0.4) is 0 Å². The summed E-state index contributed by atoms with van der Waals surface area (Å²) in [5, 5.41) is 2.92. The van der Waals surface area contributed by atoms with E-state index in [1.54, 1.807) is 0 Å². The largest absolute Gasteiger partial charge is 0.494 e. The van der Waals surface area contributed by atoms with Gasteiger partial charge in [-0.3, -0.25) is 10.1 Å². The number of unbranched alkanes of at least 4 members (excludes halogenated alkanes) is 5. The molecule has 1 aromatic heterocycles. The van der Waals surface area contributed by atoms with Crippen LogP contribution in [0.1, 0.15) is 57.9 Å². The second-order valence-corrected chi connectivity index (χ2v) is 8.80. The molecule has 1 atom stereocenters. The van der Waals surface area contributed by atoms with Crippen molar-refractivity contribution in [1.82, 2.24) is 19.8 Å². The molecule has 0 radical (unpaired) electrons. The zero-order chi connectivity index (χ0) is 21.6. The highest BCUT2D eigenvalue weighted by Gasteiger charge is 2.40. The van der Waals surface area contributed by atoms with E-state index in [1.807, 2.05) is 30.9 Å². The molecule has 1 aromatic carbocycles. The Bertz CT molecular complexity index is 907. The van der Waals surface area contributed by atoms with Crippen molar-refractivity contribution in [2.75, 3.05) is 6.61 Å². The van der Waals surface area contributed by atoms with E-state index in [9.17, 15) is 4.79 Å². The lowest BCUT2D eigenvalue weighted by atomic mass is 10.0. The number of nitrogens with zero attached hydrogens (tertiary/aromatic N) is 4. The van der Waals surface area contributed by atoms with Crippen LogP contribution in [-0.4, -0.2) is 39.0 Å². The Balaban J connectivity index is 1.17. The zero-order valence-electron chi connectivity index (χ0n) is 18.6. The standard InChI is InChI=1S/C24H33N5O2/c1-18(2)22-23(30)27-24-26-21-10-9-20(15-19(21)16-29(22)24)31-14-8-6-4-3-5-7-12-28-13-11-25-17-28/h9-11,13,15,17-18,22H,3-8,12,14,16H2,1-2H3,(H,26,27,30). The van der Waals surface area contributed by atoms with Gasteiger partial charge in [-0.15, -0.1) is 0 Å². The highest BCUT2D eigenvalue weighted by Crippen LogP contribution is 2.33. The van der Waals surface area contributed by atoms with E-state index in [1.165, 1.54) is 32.1 Å². The quantitative estimate of drug-likeness (QED) is 0.548. The second-order valence-electron chi connectivity index (χ2n) is 8.80. The van der Waals surface area contributed by atoms with Crippen LogP contribution in [0.15, 0.2) is 41.9 Å². The summed E-state index contributed by atoms with van der Waals surface area (Å²) in [6.45, 7) is 6.63. The number of aromatic nitrogens is 2. The number of hydrogen-bond acceptors (Lipinski definition) is 5. The molecule has 4 rings (SSSR count). The Morgan fingerprint density at radius 2 is 1.97 bits per heavy atom. The number of aliphatic imine (C=N–C) groups is 1. The molecule has 166 valence electrons. The average Bonchev–Trinajstić information content (AvgIpc) is 3.37. The lowest BCUT2D eigenvalue weighted by Gasteiger charge is -2.29. The number of aryl methyl sites for hydroxylation is 1. The summed E-state index contributed by atoms with van der Waals surface area (Å²) in [7, 11) is 0. The van der Waals surface area contributed by atoms with Gasteiger partial charge in [0.15, 0.2) is 0 Å². The van der Waals surface area contributed by atoms with E-state index >= 15 is 0 Å². The molecule has 1 saturated heterocycles. The van der Waals surface area contributed by atoms with Crippen LogP contribution < -0.4 is 10.1 Å². The SMILES string of the molecule is CC(C)C1C(=O)NC2=Nc3ccc(OCCCCCCCCn4ccnc4)cc3CN21. The van der Waals surface area contributed by atoms with Gasteiger partial charge in [0.05, 0.1) is 18.6 Å².